The second kappa shape index (κ2) is 6.49. The van der Waals surface area contributed by atoms with Gasteiger partial charge in [0.2, 0.25) is 0 Å². The highest BCUT2D eigenvalue weighted by molar-refractivity contribution is 5.14. The summed E-state index contributed by atoms with van der Waals surface area (Å²) >= 11 is 0. The molecule has 2 rings (SSSR count). The lowest BCUT2D eigenvalue weighted by atomic mass is 9.91. The van der Waals surface area contributed by atoms with Crippen molar-refractivity contribution >= 4 is 0 Å². The molecule has 0 amide bonds. The largest absolute Gasteiger partial charge is 0.395 e. The lowest BCUT2D eigenvalue weighted by Gasteiger charge is -2.38. The third-order valence-corrected chi connectivity index (χ3v) is 4.20. The van der Waals surface area contributed by atoms with Crippen LogP contribution in [0.25, 0.3) is 0 Å². The van der Waals surface area contributed by atoms with Crippen LogP contribution in [0, 0.1) is 5.92 Å². The zero-order chi connectivity index (χ0) is 13.8. The second-order valence-electron chi connectivity index (χ2n) is 6.05. The molecule has 0 aliphatic carbocycles. The van der Waals surface area contributed by atoms with Gasteiger partial charge in [-0.3, -0.25) is 9.88 Å². The van der Waals surface area contributed by atoms with E-state index in [4.69, 9.17) is 4.98 Å². The van der Waals surface area contributed by atoms with Crippen LogP contribution in [0.4, 0.5) is 0 Å². The van der Waals surface area contributed by atoms with E-state index in [1.807, 2.05) is 0 Å². The highest BCUT2D eigenvalue weighted by Crippen LogP contribution is 2.24. The number of nitrogens with zero attached hydrogens (tertiary/aromatic N) is 2. The molecule has 1 fully saturated rings. The van der Waals surface area contributed by atoms with Crippen LogP contribution >= 0.6 is 0 Å². The van der Waals surface area contributed by atoms with Crippen LogP contribution in [-0.4, -0.2) is 34.2 Å². The first-order valence-corrected chi connectivity index (χ1v) is 7.42. The molecule has 106 valence electrons. The molecule has 0 aromatic carbocycles. The molecule has 2 atom stereocenters. The van der Waals surface area contributed by atoms with Gasteiger partial charge in [-0.2, -0.15) is 0 Å². The molecule has 1 saturated heterocycles. The van der Waals surface area contributed by atoms with E-state index < -0.39 is 0 Å². The van der Waals surface area contributed by atoms with Crippen LogP contribution in [0.5, 0.6) is 0 Å². The van der Waals surface area contributed by atoms with Gasteiger partial charge in [-0.25, -0.2) is 0 Å². The average Bonchev–Trinajstić information content (AvgIpc) is 2.39. The first-order valence-electron chi connectivity index (χ1n) is 7.42. The summed E-state index contributed by atoms with van der Waals surface area (Å²) in [6.45, 7) is 8.77. The molecule has 1 aromatic heterocycles. The molecule has 3 heteroatoms. The Bertz CT molecular complexity index is 405. The molecule has 2 unspecified atom stereocenters. The van der Waals surface area contributed by atoms with Crippen molar-refractivity contribution in [1.82, 2.24) is 9.88 Å². The minimum atomic E-state index is 0.255. The number of likely N-dealkylation sites (tertiary alicyclic amines) is 1. The molecule has 0 spiro atoms. The summed E-state index contributed by atoms with van der Waals surface area (Å²) in [5.74, 6) is 1.04. The van der Waals surface area contributed by atoms with Gasteiger partial charge < -0.3 is 5.11 Å². The predicted molar refractivity (Wildman–Crippen MR) is 78.0 cm³/mol. The maximum absolute atomic E-state index is 9.59. The number of aliphatic hydroxyl groups is 1. The Balaban J connectivity index is 2.09. The van der Waals surface area contributed by atoms with Gasteiger partial charge in [0.15, 0.2) is 0 Å². The first kappa shape index (κ1) is 14.5. The van der Waals surface area contributed by atoms with Crippen molar-refractivity contribution in [1.29, 1.82) is 0 Å². The van der Waals surface area contributed by atoms with E-state index in [2.05, 4.69) is 43.9 Å². The van der Waals surface area contributed by atoms with Gasteiger partial charge in [-0.15, -0.1) is 0 Å². The second-order valence-corrected chi connectivity index (χ2v) is 6.05. The number of piperidine rings is 1. The normalized spacial score (nSPS) is 24.9. The standard InChI is InChI=1S/C16H26N2O/c1-12(2)15-8-4-7-14(17-15)10-18-9-5-6-13(3)16(18)11-19/h4,7-8,12-13,16,19H,5-6,9-11H2,1-3H3. The van der Waals surface area contributed by atoms with E-state index in [0.717, 1.165) is 24.5 Å². The molecule has 1 aromatic rings. The van der Waals surface area contributed by atoms with Gasteiger partial charge >= 0.3 is 0 Å². The van der Waals surface area contributed by atoms with Gasteiger partial charge in [0.25, 0.3) is 0 Å². The lowest BCUT2D eigenvalue weighted by molar-refractivity contribution is 0.0463. The summed E-state index contributed by atoms with van der Waals surface area (Å²) in [4.78, 5) is 7.13. The van der Waals surface area contributed by atoms with Gasteiger partial charge in [0.1, 0.15) is 0 Å². The predicted octanol–water partition coefficient (Wildman–Crippen LogP) is 2.80. The van der Waals surface area contributed by atoms with Gasteiger partial charge in [-0.05, 0) is 43.4 Å². The van der Waals surface area contributed by atoms with E-state index in [1.165, 1.54) is 12.8 Å². The molecule has 1 aliphatic heterocycles. The van der Waals surface area contributed by atoms with Crippen LogP contribution < -0.4 is 0 Å². The van der Waals surface area contributed by atoms with Gasteiger partial charge in [0.05, 0.1) is 12.3 Å². The van der Waals surface area contributed by atoms with Crippen molar-refractivity contribution in [2.75, 3.05) is 13.2 Å². The maximum Gasteiger partial charge on any atom is 0.0589 e. The van der Waals surface area contributed by atoms with Crippen LogP contribution in [0.1, 0.15) is 50.9 Å². The number of aliphatic hydroxyl groups excluding tert-OH is 1. The number of hydrogen-bond donors (Lipinski definition) is 1. The molecule has 0 bridgehead atoms. The van der Waals surface area contributed by atoms with Crippen LogP contribution in [0.15, 0.2) is 18.2 Å². The van der Waals surface area contributed by atoms with Crippen LogP contribution in [0.2, 0.25) is 0 Å². The fourth-order valence-corrected chi connectivity index (χ4v) is 2.94. The molecule has 0 radical (unpaired) electrons. The summed E-state index contributed by atoms with van der Waals surface area (Å²) < 4.78 is 0. The van der Waals surface area contributed by atoms with E-state index in [9.17, 15) is 5.11 Å². The Kier molecular flexibility index (Phi) is 4.94. The topological polar surface area (TPSA) is 36.4 Å². The number of hydrogen-bond acceptors (Lipinski definition) is 3. The first-order chi connectivity index (χ1) is 9.11. The molecule has 1 aliphatic rings. The molecule has 0 saturated carbocycles. The minimum absolute atomic E-state index is 0.255. The zero-order valence-corrected chi connectivity index (χ0v) is 12.3. The van der Waals surface area contributed by atoms with E-state index in [1.54, 1.807) is 0 Å². The maximum atomic E-state index is 9.59. The number of aromatic nitrogens is 1. The SMILES string of the molecule is CC(C)c1cccc(CN2CCCC(C)C2CO)n1. The van der Waals surface area contributed by atoms with E-state index in [-0.39, 0.29) is 6.61 Å². The quantitative estimate of drug-likeness (QED) is 0.906. The zero-order valence-electron chi connectivity index (χ0n) is 12.3. The highest BCUT2D eigenvalue weighted by atomic mass is 16.3. The van der Waals surface area contributed by atoms with Gasteiger partial charge in [0, 0.05) is 18.3 Å². The van der Waals surface area contributed by atoms with E-state index >= 15 is 0 Å². The Hall–Kier alpha value is -0.930. The van der Waals surface area contributed by atoms with Crippen LogP contribution in [-0.2, 0) is 6.54 Å². The van der Waals surface area contributed by atoms with Crippen molar-refractivity contribution in [2.45, 2.75) is 52.1 Å². The summed E-state index contributed by atoms with van der Waals surface area (Å²) in [7, 11) is 0. The average molecular weight is 262 g/mol. The molecule has 1 N–H and O–H groups in total. The Morgan fingerprint density at radius 2 is 2.21 bits per heavy atom. The molecule has 2 heterocycles. The monoisotopic (exact) mass is 262 g/mol. The number of pyridine rings is 1. The molecular weight excluding hydrogens is 236 g/mol. The summed E-state index contributed by atoms with van der Waals surface area (Å²) in [6, 6.07) is 6.58. The van der Waals surface area contributed by atoms with Gasteiger partial charge in [-0.1, -0.05) is 26.8 Å². The smallest absolute Gasteiger partial charge is 0.0589 e. The van der Waals surface area contributed by atoms with Crippen molar-refractivity contribution in [3.8, 4) is 0 Å². The number of rotatable bonds is 4. The Morgan fingerprint density at radius 1 is 1.42 bits per heavy atom. The van der Waals surface area contributed by atoms with Crippen molar-refractivity contribution in [3.63, 3.8) is 0 Å². The Labute approximate surface area is 116 Å². The minimum Gasteiger partial charge on any atom is -0.395 e. The van der Waals surface area contributed by atoms with Crippen molar-refractivity contribution in [3.05, 3.63) is 29.6 Å². The van der Waals surface area contributed by atoms with E-state index in [0.29, 0.717) is 17.9 Å². The fraction of sp³-hybridized carbons (Fsp3) is 0.688. The summed E-state index contributed by atoms with van der Waals surface area (Å²) in [5, 5.41) is 9.59. The fourth-order valence-electron chi connectivity index (χ4n) is 2.94. The third kappa shape index (κ3) is 3.54. The highest BCUT2D eigenvalue weighted by Gasteiger charge is 2.27. The summed E-state index contributed by atoms with van der Waals surface area (Å²) in [5.41, 5.74) is 2.28. The molecule has 19 heavy (non-hydrogen) atoms. The lowest BCUT2D eigenvalue weighted by Crippen LogP contribution is -2.46. The van der Waals surface area contributed by atoms with Crippen molar-refractivity contribution < 1.29 is 5.11 Å². The third-order valence-electron chi connectivity index (χ3n) is 4.20. The summed E-state index contributed by atoms with van der Waals surface area (Å²) in [6.07, 6.45) is 2.45. The molecular formula is C16H26N2O. The van der Waals surface area contributed by atoms with Crippen LogP contribution in [0.3, 0.4) is 0 Å². The van der Waals surface area contributed by atoms with Crippen molar-refractivity contribution in [2.24, 2.45) is 5.92 Å². The molecule has 3 nitrogen and oxygen atoms in total. The Morgan fingerprint density at radius 3 is 2.89 bits per heavy atom.